The molecule has 4 N–H and O–H groups in total. The summed E-state index contributed by atoms with van der Waals surface area (Å²) in [6.45, 7) is 14.6. The molecule has 29 nitrogen and oxygen atoms in total. The first-order valence-electron chi connectivity index (χ1n) is 44.4. The maximum absolute atomic E-state index is 12.0. The maximum atomic E-state index is 12.0. The molecule has 10 fully saturated rings. The number of morpholine rings is 4. The summed E-state index contributed by atoms with van der Waals surface area (Å²) < 4.78 is 47.8. The van der Waals surface area contributed by atoms with Gasteiger partial charge in [-0.15, -0.1) is 0 Å². The summed E-state index contributed by atoms with van der Waals surface area (Å²) in [7, 11) is 0. The first kappa shape index (κ1) is 83.6. The number of rotatable bonds is 19. The minimum atomic E-state index is -0.198. The van der Waals surface area contributed by atoms with Crippen molar-refractivity contribution < 1.29 is 47.5 Å². The molecule has 123 heavy (non-hydrogen) atoms. The van der Waals surface area contributed by atoms with Crippen LogP contribution in [0, 0.1) is 29.6 Å². The van der Waals surface area contributed by atoms with Crippen molar-refractivity contribution in [3.63, 3.8) is 0 Å². The second-order valence-electron chi connectivity index (χ2n) is 33.2. The van der Waals surface area contributed by atoms with Crippen LogP contribution >= 0.6 is 0 Å². The Morgan fingerprint density at radius 3 is 1.02 bits per heavy atom. The Bertz CT molecular complexity index is 5290. The van der Waals surface area contributed by atoms with Crippen molar-refractivity contribution in [2.75, 3.05) is 135 Å². The molecule has 0 atom stereocenters. The molecule has 6 saturated carbocycles. The van der Waals surface area contributed by atoms with E-state index in [1.54, 1.807) is 56.5 Å². The highest BCUT2D eigenvalue weighted by molar-refractivity contribution is 5.94. The van der Waals surface area contributed by atoms with Gasteiger partial charge in [0.25, 0.3) is 11.8 Å². The van der Waals surface area contributed by atoms with Crippen molar-refractivity contribution in [1.82, 2.24) is 65.5 Å². The molecular weight excluding hydrogens is 1560 g/mol. The van der Waals surface area contributed by atoms with Gasteiger partial charge in [0.05, 0.1) is 99.3 Å². The zero-order valence-corrected chi connectivity index (χ0v) is 70.2. The molecule has 10 heterocycles. The number of carbonyl (C=O) groups is 2. The quantitative estimate of drug-likeness (QED) is 0.0547. The van der Waals surface area contributed by atoms with Gasteiger partial charge in [-0.2, -0.15) is 0 Å². The molecule has 642 valence electrons. The van der Waals surface area contributed by atoms with Crippen LogP contribution in [0.2, 0.25) is 0 Å². The minimum Gasteiger partial charge on any atom is -0.488 e. The molecule has 0 spiro atoms. The number of fused-ring (bicyclic) bond motifs is 4. The van der Waals surface area contributed by atoms with Crippen LogP contribution < -0.4 is 59.8 Å². The average molecular weight is 1670 g/mol. The molecule has 10 aliphatic rings. The molecule has 6 aliphatic carbocycles. The minimum absolute atomic E-state index is 0.102. The lowest BCUT2D eigenvalue weighted by Gasteiger charge is -2.31. The fourth-order valence-electron chi connectivity index (χ4n) is 17.3. The molecule has 0 unspecified atom stereocenters. The van der Waals surface area contributed by atoms with Crippen LogP contribution in [-0.2, 0) is 28.5 Å². The zero-order chi connectivity index (χ0) is 83.3. The fraction of sp³-hybridized carbons (Fsp3) is 0.500. The second-order valence-corrected chi connectivity index (χ2v) is 33.2. The van der Waals surface area contributed by atoms with Crippen molar-refractivity contribution in [2.45, 2.75) is 190 Å². The van der Waals surface area contributed by atoms with E-state index >= 15 is 0 Å². The largest absolute Gasteiger partial charge is 0.488 e. The van der Waals surface area contributed by atoms with E-state index in [0.717, 1.165) is 322 Å². The summed E-state index contributed by atoms with van der Waals surface area (Å²) in [6.07, 6.45) is 40.3. The lowest BCUT2D eigenvalue weighted by Crippen LogP contribution is -2.39. The Labute approximate surface area is 718 Å². The lowest BCUT2D eigenvalue weighted by atomic mass is 9.93. The fourth-order valence-corrected chi connectivity index (χ4v) is 17.3. The summed E-state index contributed by atoms with van der Waals surface area (Å²) in [6, 6.07) is 23.9. The highest BCUT2D eigenvalue weighted by Gasteiger charge is 2.32. The number of nitrogens with zero attached hydrogens (tertiary/aromatic N) is 15. The molecule has 4 saturated heterocycles. The van der Waals surface area contributed by atoms with Crippen LogP contribution in [0.3, 0.4) is 0 Å². The summed E-state index contributed by atoms with van der Waals surface area (Å²) >= 11 is 0. The van der Waals surface area contributed by atoms with Crippen molar-refractivity contribution in [3.05, 3.63) is 140 Å². The zero-order valence-electron chi connectivity index (χ0n) is 70.2. The summed E-state index contributed by atoms with van der Waals surface area (Å²) in [5.74, 6) is 16.7. The van der Waals surface area contributed by atoms with Crippen LogP contribution in [0.25, 0.3) is 44.1 Å². The van der Waals surface area contributed by atoms with E-state index in [0.29, 0.717) is 23.9 Å². The van der Waals surface area contributed by atoms with Crippen molar-refractivity contribution >= 4 is 90.5 Å². The van der Waals surface area contributed by atoms with Gasteiger partial charge < -0.3 is 78.8 Å². The molecule has 10 aromatic rings. The third kappa shape index (κ3) is 23.2. The van der Waals surface area contributed by atoms with Gasteiger partial charge in [0.15, 0.2) is 0 Å². The Morgan fingerprint density at radius 2 is 0.691 bits per heavy atom. The van der Waals surface area contributed by atoms with Gasteiger partial charge in [-0.05, 0) is 195 Å². The molecule has 0 bridgehead atoms. The maximum Gasteiger partial charge on any atom is 0.296 e. The van der Waals surface area contributed by atoms with E-state index in [-0.39, 0.29) is 48.3 Å². The molecular formula is C94H111N19O10. The number of amides is 2. The van der Waals surface area contributed by atoms with E-state index in [1.807, 2.05) is 36.8 Å². The van der Waals surface area contributed by atoms with Gasteiger partial charge in [0, 0.05) is 198 Å². The summed E-state index contributed by atoms with van der Waals surface area (Å²) in [5.41, 5.74) is 12.4. The third-order valence-corrected chi connectivity index (χ3v) is 24.4. The number of nitrogens with one attached hydrogen (secondary N) is 4. The summed E-state index contributed by atoms with van der Waals surface area (Å²) in [4.78, 5) is 82.6. The molecule has 20 rings (SSSR count). The van der Waals surface area contributed by atoms with E-state index in [1.165, 1.54) is 18.4 Å². The van der Waals surface area contributed by atoms with Gasteiger partial charge in [0.2, 0.25) is 5.95 Å². The van der Waals surface area contributed by atoms with E-state index in [2.05, 4.69) is 168 Å². The van der Waals surface area contributed by atoms with E-state index < -0.39 is 0 Å². The number of aromatic nitrogens is 11. The Morgan fingerprint density at radius 1 is 0.358 bits per heavy atom. The normalized spacial score (nSPS) is 22.8. The van der Waals surface area contributed by atoms with Crippen LogP contribution in [0.5, 0.6) is 23.0 Å². The first-order chi connectivity index (χ1) is 60.6. The molecule has 4 aliphatic heterocycles. The highest BCUT2D eigenvalue weighted by atomic mass is 16.5. The van der Waals surface area contributed by atoms with E-state index in [4.69, 9.17) is 37.9 Å². The van der Waals surface area contributed by atoms with Gasteiger partial charge in [0.1, 0.15) is 50.9 Å². The number of pyridine rings is 1. The molecule has 29 heteroatoms. The Kier molecular flexibility index (Phi) is 28.2. The Hall–Kier alpha value is -11.6. The standard InChI is InChI=1S/C25H30N6O2.C24H28N4O3.C23H27N5O2.C22H26N4O3/c1-2-17(1)18-15-28-25(29-16-18)30-19-3-5-21(6-4-19)33-23-14-20(31-9-11-32-12-10-31)13-22-24(23)27-8-7-26-22;29-23(8-3-17-1-2-17)27-18-4-6-20(7-5-18)31-22-16-19(28-11-13-30-14-12-28)15-21-24(22)26-10-9-25-21;1-2-8-25-22(3-1)27-17-4-6-19(7-5-17)30-21-16-18(28-11-13-29-14-12-28)15-20-23(21)26-10-9-24-20;1-2-3-21(27)25-16-4-6-18(7-5-16)29-20-15-17(26-10-12-28-13-11-26)14-19-22(20)24-9-8-23-19/h7-8,13-17,19,21H,1-6,9-12H2,(H,28,29,30);9-10,15-18,20H,1-2,4-7,11-14H2,(H,27,29);1-3,8-10,15-17,19H,4-7,11-14H2,(H,25,27);8-9,14-16,18H,4-7,10-13H2,1H3,(H,25,27). The second kappa shape index (κ2) is 41.5. The molecule has 4 aromatic carbocycles. The van der Waals surface area contributed by atoms with Crippen LogP contribution in [0.4, 0.5) is 34.5 Å². The average Bonchev–Trinajstić information content (AvgIpc) is 1.68. The summed E-state index contributed by atoms with van der Waals surface area (Å²) in [5, 5.41) is 13.1. The molecule has 2 amide bonds. The van der Waals surface area contributed by atoms with E-state index in [9.17, 15) is 9.59 Å². The number of carbonyl (C=O) groups excluding carboxylic acids is 2. The number of ether oxygens (including phenoxy) is 8. The lowest BCUT2D eigenvalue weighted by molar-refractivity contribution is -0.117. The number of hydrogen-bond acceptors (Lipinski definition) is 27. The number of anilines is 6. The Balaban J connectivity index is 0.000000117. The predicted octanol–water partition coefficient (Wildman–Crippen LogP) is 12.6. The van der Waals surface area contributed by atoms with Crippen molar-refractivity contribution in [2.24, 2.45) is 5.92 Å². The molecule has 6 aromatic heterocycles. The van der Waals surface area contributed by atoms with Gasteiger partial charge in [-0.1, -0.05) is 17.9 Å². The van der Waals surface area contributed by atoms with Crippen LogP contribution in [0.15, 0.2) is 135 Å². The first-order valence-corrected chi connectivity index (χ1v) is 44.4. The number of hydrogen-bond donors (Lipinski definition) is 4. The topological polar surface area (TPSA) is 311 Å². The SMILES string of the molecule is CC#CC(=O)NC1CCC(Oc2cc(N3CCOCC3)cc3nccnc23)CC1.O=C(C#CC1CC1)NC1CCC(Oc2cc(N3CCOCC3)cc3nccnc23)CC1.c1ccc(NC2CCC(Oc3cc(N4CCOCC4)cc4nccnc34)CC2)nc1.c1cnc2c(OC3CCC(Nc4ncc(C5CC5)cn4)CC3)cc(N3CCOCC3)cc2n1. The van der Waals surface area contributed by atoms with Crippen molar-refractivity contribution in [3.8, 4) is 46.7 Å². The molecule has 0 radical (unpaired) electrons. The van der Waals surface area contributed by atoms with Crippen molar-refractivity contribution in [1.29, 1.82) is 0 Å². The monoisotopic (exact) mass is 1670 g/mol. The smallest absolute Gasteiger partial charge is 0.296 e. The van der Waals surface area contributed by atoms with Gasteiger partial charge in [-0.25, -0.2) is 34.9 Å². The highest BCUT2D eigenvalue weighted by Crippen LogP contribution is 2.41. The van der Waals surface area contributed by atoms with Gasteiger partial charge >= 0.3 is 0 Å². The van der Waals surface area contributed by atoms with Crippen LogP contribution in [0.1, 0.15) is 147 Å². The predicted molar refractivity (Wildman–Crippen MR) is 473 cm³/mol. The number of benzene rings is 4. The van der Waals surface area contributed by atoms with Crippen LogP contribution in [-0.4, -0.2) is 220 Å². The van der Waals surface area contributed by atoms with Gasteiger partial charge in [-0.3, -0.25) is 29.5 Å². The third-order valence-electron chi connectivity index (χ3n) is 24.4.